The van der Waals surface area contributed by atoms with E-state index in [9.17, 15) is 4.39 Å². The van der Waals surface area contributed by atoms with Crippen LogP contribution < -0.4 is 0 Å². The molecule has 0 bridgehead atoms. The predicted molar refractivity (Wildman–Crippen MR) is 67.8 cm³/mol. The summed E-state index contributed by atoms with van der Waals surface area (Å²) >= 11 is 0. The summed E-state index contributed by atoms with van der Waals surface area (Å²) in [5, 5.41) is 0.724. The third kappa shape index (κ3) is 2.34. The summed E-state index contributed by atoms with van der Waals surface area (Å²) in [6, 6.07) is 7.22. The van der Waals surface area contributed by atoms with Crippen LogP contribution in [-0.4, -0.2) is 18.3 Å². The maximum Gasteiger partial charge on any atom is 0.132 e. The third-order valence-electron chi connectivity index (χ3n) is 3.07. The lowest BCUT2D eigenvalue weighted by Gasteiger charge is -2.09. The van der Waals surface area contributed by atoms with E-state index in [4.69, 9.17) is 4.74 Å². The minimum absolute atomic E-state index is 0.136. The van der Waals surface area contributed by atoms with E-state index in [1.807, 2.05) is 12.1 Å². The molecule has 0 atom stereocenters. The average molecular weight is 235 g/mol. The highest BCUT2D eigenvalue weighted by Gasteiger charge is 2.09. The van der Waals surface area contributed by atoms with Gasteiger partial charge in [0.05, 0.1) is 5.52 Å². The fraction of sp³-hybridized carbons (Fsp3) is 0.429. The monoisotopic (exact) mass is 235 g/mol. The number of methoxy groups -OCH3 is 1. The maximum atomic E-state index is 13.7. The van der Waals surface area contributed by atoms with Gasteiger partial charge in [0.2, 0.25) is 0 Å². The Morgan fingerprint density at radius 3 is 2.88 bits per heavy atom. The van der Waals surface area contributed by atoms with Crippen LogP contribution in [0.25, 0.3) is 10.9 Å². The van der Waals surface area contributed by atoms with Gasteiger partial charge in [-0.1, -0.05) is 13.0 Å². The molecule has 1 heterocycles. The molecule has 2 aromatic rings. The molecule has 0 aliphatic carbocycles. The summed E-state index contributed by atoms with van der Waals surface area (Å²) in [4.78, 5) is 0. The standard InChI is InChI=1S/C14H18FNO/c1-3-11-10-12-13(15)6-4-7-14(12)16(11)8-5-9-17-2/h4,6-7,10H,3,5,8-9H2,1-2H3. The van der Waals surface area contributed by atoms with Crippen LogP contribution in [0.15, 0.2) is 24.3 Å². The number of nitrogens with zero attached hydrogens (tertiary/aromatic N) is 1. The average Bonchev–Trinajstić information content (AvgIpc) is 2.70. The van der Waals surface area contributed by atoms with Crippen molar-refractivity contribution in [3.05, 3.63) is 35.8 Å². The van der Waals surface area contributed by atoms with Crippen molar-refractivity contribution in [2.45, 2.75) is 26.3 Å². The van der Waals surface area contributed by atoms with Gasteiger partial charge in [-0.3, -0.25) is 0 Å². The topological polar surface area (TPSA) is 14.2 Å². The van der Waals surface area contributed by atoms with E-state index in [1.54, 1.807) is 13.2 Å². The fourth-order valence-corrected chi connectivity index (χ4v) is 2.23. The molecule has 0 saturated carbocycles. The lowest BCUT2D eigenvalue weighted by atomic mass is 10.2. The van der Waals surface area contributed by atoms with Crippen molar-refractivity contribution in [3.8, 4) is 0 Å². The zero-order chi connectivity index (χ0) is 12.3. The minimum Gasteiger partial charge on any atom is -0.385 e. The summed E-state index contributed by atoms with van der Waals surface area (Å²) < 4.78 is 20.9. The lowest BCUT2D eigenvalue weighted by molar-refractivity contribution is 0.190. The first kappa shape index (κ1) is 12.1. The van der Waals surface area contributed by atoms with Crippen LogP contribution in [0.1, 0.15) is 19.0 Å². The van der Waals surface area contributed by atoms with Crippen molar-refractivity contribution < 1.29 is 9.13 Å². The van der Waals surface area contributed by atoms with Crippen LogP contribution in [0.2, 0.25) is 0 Å². The minimum atomic E-state index is -0.136. The summed E-state index contributed by atoms with van der Waals surface area (Å²) in [5.41, 5.74) is 2.17. The first-order valence-electron chi connectivity index (χ1n) is 6.03. The molecule has 0 unspecified atom stereocenters. The molecule has 3 heteroatoms. The van der Waals surface area contributed by atoms with Gasteiger partial charge >= 0.3 is 0 Å². The first-order chi connectivity index (χ1) is 8.27. The van der Waals surface area contributed by atoms with Gasteiger partial charge in [0, 0.05) is 31.3 Å². The SMILES string of the molecule is CCc1cc2c(F)cccc2n1CCCOC. The predicted octanol–water partition coefficient (Wildman–Crippen LogP) is 3.38. The molecule has 2 nitrogen and oxygen atoms in total. The van der Waals surface area contributed by atoms with Crippen molar-refractivity contribution in [3.63, 3.8) is 0 Å². The second kappa shape index (κ2) is 5.32. The van der Waals surface area contributed by atoms with Crippen LogP contribution in [0.5, 0.6) is 0 Å². The number of hydrogen-bond donors (Lipinski definition) is 0. The molecule has 2 rings (SSSR count). The number of benzene rings is 1. The molecule has 0 fully saturated rings. The smallest absolute Gasteiger partial charge is 0.132 e. The zero-order valence-corrected chi connectivity index (χ0v) is 10.4. The lowest BCUT2D eigenvalue weighted by Crippen LogP contribution is -2.04. The quantitative estimate of drug-likeness (QED) is 0.725. The van der Waals surface area contributed by atoms with E-state index in [0.717, 1.165) is 36.9 Å². The van der Waals surface area contributed by atoms with Crippen molar-refractivity contribution in [2.24, 2.45) is 0 Å². The van der Waals surface area contributed by atoms with E-state index in [0.29, 0.717) is 0 Å². The molecule has 92 valence electrons. The maximum absolute atomic E-state index is 13.7. The van der Waals surface area contributed by atoms with Gasteiger partial charge < -0.3 is 9.30 Å². The molecule has 1 aromatic carbocycles. The molecule has 0 aliphatic heterocycles. The van der Waals surface area contributed by atoms with Crippen LogP contribution in [0, 0.1) is 5.82 Å². The number of hydrogen-bond acceptors (Lipinski definition) is 1. The van der Waals surface area contributed by atoms with Crippen LogP contribution in [-0.2, 0) is 17.7 Å². The zero-order valence-electron chi connectivity index (χ0n) is 10.4. The Hall–Kier alpha value is -1.35. The Bertz CT molecular complexity index is 504. The van der Waals surface area contributed by atoms with E-state index in [-0.39, 0.29) is 5.82 Å². The Morgan fingerprint density at radius 2 is 2.18 bits per heavy atom. The number of aromatic nitrogens is 1. The Morgan fingerprint density at radius 1 is 1.35 bits per heavy atom. The number of aryl methyl sites for hydroxylation is 2. The number of rotatable bonds is 5. The Kier molecular flexibility index (Phi) is 3.79. The molecular weight excluding hydrogens is 217 g/mol. The molecule has 1 aromatic heterocycles. The van der Waals surface area contributed by atoms with Gasteiger partial charge in [0.25, 0.3) is 0 Å². The van der Waals surface area contributed by atoms with E-state index < -0.39 is 0 Å². The van der Waals surface area contributed by atoms with Gasteiger partial charge in [-0.15, -0.1) is 0 Å². The van der Waals surface area contributed by atoms with Gasteiger partial charge in [-0.05, 0) is 31.0 Å². The highest BCUT2D eigenvalue weighted by Crippen LogP contribution is 2.23. The number of ether oxygens (including phenoxy) is 1. The molecular formula is C14H18FNO. The van der Waals surface area contributed by atoms with E-state index in [2.05, 4.69) is 11.5 Å². The summed E-state index contributed by atoms with van der Waals surface area (Å²) in [7, 11) is 1.70. The van der Waals surface area contributed by atoms with Gasteiger partial charge in [-0.2, -0.15) is 0 Å². The summed E-state index contributed by atoms with van der Waals surface area (Å²) in [6.45, 7) is 3.71. The second-order valence-electron chi connectivity index (χ2n) is 4.16. The van der Waals surface area contributed by atoms with Gasteiger partial charge in [0.1, 0.15) is 5.82 Å². The highest BCUT2D eigenvalue weighted by molar-refractivity contribution is 5.82. The number of halogens is 1. The molecule has 0 amide bonds. The summed E-state index contributed by atoms with van der Waals surface area (Å²) in [5.74, 6) is -0.136. The normalized spacial score (nSPS) is 11.2. The van der Waals surface area contributed by atoms with Crippen molar-refractivity contribution >= 4 is 10.9 Å². The van der Waals surface area contributed by atoms with E-state index in [1.165, 1.54) is 11.8 Å². The van der Waals surface area contributed by atoms with E-state index >= 15 is 0 Å². The van der Waals surface area contributed by atoms with Crippen LogP contribution in [0.3, 0.4) is 0 Å². The van der Waals surface area contributed by atoms with Gasteiger partial charge in [-0.25, -0.2) is 4.39 Å². The molecule has 0 spiro atoms. The molecule has 0 radical (unpaired) electrons. The molecule has 0 saturated heterocycles. The molecule has 17 heavy (non-hydrogen) atoms. The summed E-state index contributed by atoms with van der Waals surface area (Å²) in [6.07, 6.45) is 1.87. The third-order valence-corrected chi connectivity index (χ3v) is 3.07. The van der Waals surface area contributed by atoms with Gasteiger partial charge in [0.15, 0.2) is 0 Å². The van der Waals surface area contributed by atoms with Crippen molar-refractivity contribution in [1.82, 2.24) is 4.57 Å². The highest BCUT2D eigenvalue weighted by atomic mass is 19.1. The van der Waals surface area contributed by atoms with Crippen LogP contribution in [0.4, 0.5) is 4.39 Å². The Labute approximate surface area is 101 Å². The van der Waals surface area contributed by atoms with Crippen LogP contribution >= 0.6 is 0 Å². The van der Waals surface area contributed by atoms with Crippen molar-refractivity contribution in [1.29, 1.82) is 0 Å². The second-order valence-corrected chi connectivity index (χ2v) is 4.16. The molecule has 0 aliphatic rings. The molecule has 0 N–H and O–H groups in total. The fourth-order valence-electron chi connectivity index (χ4n) is 2.23. The number of fused-ring (bicyclic) bond motifs is 1. The first-order valence-corrected chi connectivity index (χ1v) is 6.03. The van der Waals surface area contributed by atoms with Crippen molar-refractivity contribution in [2.75, 3.05) is 13.7 Å². The largest absolute Gasteiger partial charge is 0.385 e. The Balaban J connectivity index is 2.40.